The molecule has 3 heteroatoms. The van der Waals surface area contributed by atoms with E-state index in [1.54, 1.807) is 0 Å². The topological polar surface area (TPSA) is 24.5 Å². The number of piperidine rings is 1. The number of hydrogen-bond acceptors (Lipinski definition) is 3. The molecular weight excluding hydrogens is 236 g/mol. The molecule has 114 valence electrons. The summed E-state index contributed by atoms with van der Waals surface area (Å²) in [7, 11) is 0. The summed E-state index contributed by atoms with van der Waals surface area (Å²) in [6.45, 7) is 16.9. The van der Waals surface area contributed by atoms with Crippen LogP contribution in [0, 0.1) is 5.41 Å². The van der Waals surface area contributed by atoms with Crippen LogP contribution in [0.5, 0.6) is 0 Å². The molecule has 0 aromatic rings. The SMILES string of the molecule is CCCNC(C)C(C)(C)CN1CCCC(OCC)C1. The summed E-state index contributed by atoms with van der Waals surface area (Å²) >= 11 is 0. The van der Waals surface area contributed by atoms with Gasteiger partial charge in [-0.25, -0.2) is 0 Å². The van der Waals surface area contributed by atoms with Crippen molar-refractivity contribution in [2.75, 3.05) is 32.8 Å². The van der Waals surface area contributed by atoms with Crippen molar-refractivity contribution in [3.63, 3.8) is 0 Å². The van der Waals surface area contributed by atoms with Crippen LogP contribution in [-0.4, -0.2) is 49.8 Å². The van der Waals surface area contributed by atoms with Gasteiger partial charge in [0.15, 0.2) is 0 Å². The highest BCUT2D eigenvalue weighted by Crippen LogP contribution is 2.24. The second-order valence-corrected chi connectivity index (χ2v) is 6.62. The molecule has 0 aromatic heterocycles. The van der Waals surface area contributed by atoms with Gasteiger partial charge in [0.2, 0.25) is 0 Å². The standard InChI is InChI=1S/C16H34N2O/c1-6-10-17-14(3)16(4,5)13-18-11-8-9-15(12-18)19-7-2/h14-15,17H,6-13H2,1-5H3. The first-order chi connectivity index (χ1) is 8.99. The Hall–Kier alpha value is -0.120. The lowest BCUT2D eigenvalue weighted by Gasteiger charge is -2.40. The van der Waals surface area contributed by atoms with Crippen LogP contribution in [-0.2, 0) is 4.74 Å². The second kappa shape index (κ2) is 8.23. The number of rotatable bonds is 8. The van der Waals surface area contributed by atoms with Crippen LogP contribution in [0.15, 0.2) is 0 Å². The molecule has 0 radical (unpaired) electrons. The van der Waals surface area contributed by atoms with Crippen molar-refractivity contribution >= 4 is 0 Å². The van der Waals surface area contributed by atoms with Gasteiger partial charge < -0.3 is 15.0 Å². The van der Waals surface area contributed by atoms with Crippen molar-refractivity contribution in [3.05, 3.63) is 0 Å². The molecule has 2 atom stereocenters. The molecule has 0 spiro atoms. The summed E-state index contributed by atoms with van der Waals surface area (Å²) in [5.41, 5.74) is 0.309. The molecule has 1 fully saturated rings. The highest BCUT2D eigenvalue weighted by molar-refractivity contribution is 4.86. The van der Waals surface area contributed by atoms with Crippen LogP contribution in [0.25, 0.3) is 0 Å². The summed E-state index contributed by atoms with van der Waals surface area (Å²) in [6.07, 6.45) is 4.16. The van der Waals surface area contributed by atoms with E-state index in [0.717, 1.165) is 26.2 Å². The molecule has 1 aliphatic heterocycles. The molecule has 1 N–H and O–H groups in total. The first-order valence-corrected chi connectivity index (χ1v) is 8.07. The number of likely N-dealkylation sites (tertiary alicyclic amines) is 1. The number of ether oxygens (including phenoxy) is 1. The zero-order valence-corrected chi connectivity index (χ0v) is 13.7. The third kappa shape index (κ3) is 5.80. The quantitative estimate of drug-likeness (QED) is 0.734. The maximum atomic E-state index is 5.80. The molecule has 1 saturated heterocycles. The minimum absolute atomic E-state index is 0.309. The largest absolute Gasteiger partial charge is 0.377 e. The third-order valence-corrected chi connectivity index (χ3v) is 4.37. The Morgan fingerprint density at radius 3 is 2.74 bits per heavy atom. The summed E-state index contributed by atoms with van der Waals surface area (Å²) in [4.78, 5) is 2.59. The first kappa shape index (κ1) is 16.9. The summed E-state index contributed by atoms with van der Waals surface area (Å²) in [5, 5.41) is 3.64. The van der Waals surface area contributed by atoms with Gasteiger partial charge in [-0.1, -0.05) is 20.8 Å². The molecule has 0 aromatic carbocycles. The number of nitrogens with zero attached hydrogens (tertiary/aromatic N) is 1. The fourth-order valence-electron chi connectivity index (χ4n) is 2.88. The lowest BCUT2D eigenvalue weighted by Crippen LogP contribution is -2.50. The predicted octanol–water partition coefficient (Wildman–Crippen LogP) is 2.90. The van der Waals surface area contributed by atoms with Gasteiger partial charge in [0, 0.05) is 25.7 Å². The maximum absolute atomic E-state index is 5.80. The first-order valence-electron chi connectivity index (χ1n) is 8.07. The zero-order chi connectivity index (χ0) is 14.3. The van der Waals surface area contributed by atoms with Crippen molar-refractivity contribution < 1.29 is 4.74 Å². The second-order valence-electron chi connectivity index (χ2n) is 6.62. The number of hydrogen-bond donors (Lipinski definition) is 1. The molecule has 0 saturated carbocycles. The smallest absolute Gasteiger partial charge is 0.0702 e. The summed E-state index contributed by atoms with van der Waals surface area (Å²) in [5.74, 6) is 0. The molecule has 0 aliphatic carbocycles. The lowest BCUT2D eigenvalue weighted by atomic mass is 9.84. The fourth-order valence-corrected chi connectivity index (χ4v) is 2.88. The van der Waals surface area contributed by atoms with E-state index in [0.29, 0.717) is 17.6 Å². The molecule has 1 aliphatic rings. The van der Waals surface area contributed by atoms with Crippen molar-refractivity contribution in [2.24, 2.45) is 5.41 Å². The molecule has 0 bridgehead atoms. The van der Waals surface area contributed by atoms with E-state index in [4.69, 9.17) is 4.74 Å². The van der Waals surface area contributed by atoms with Gasteiger partial charge in [0.25, 0.3) is 0 Å². The van der Waals surface area contributed by atoms with Gasteiger partial charge >= 0.3 is 0 Å². The Labute approximate surface area is 120 Å². The van der Waals surface area contributed by atoms with E-state index < -0.39 is 0 Å². The summed E-state index contributed by atoms with van der Waals surface area (Å²) in [6, 6.07) is 0.555. The van der Waals surface area contributed by atoms with Crippen LogP contribution in [0.3, 0.4) is 0 Å². The van der Waals surface area contributed by atoms with Crippen LogP contribution in [0.4, 0.5) is 0 Å². The monoisotopic (exact) mass is 270 g/mol. The molecule has 2 unspecified atom stereocenters. The lowest BCUT2D eigenvalue weighted by molar-refractivity contribution is -0.00660. The Morgan fingerprint density at radius 2 is 2.11 bits per heavy atom. The minimum Gasteiger partial charge on any atom is -0.377 e. The minimum atomic E-state index is 0.309. The average Bonchev–Trinajstić information content (AvgIpc) is 2.36. The molecule has 3 nitrogen and oxygen atoms in total. The van der Waals surface area contributed by atoms with Crippen molar-refractivity contribution in [3.8, 4) is 0 Å². The van der Waals surface area contributed by atoms with Gasteiger partial charge in [-0.2, -0.15) is 0 Å². The van der Waals surface area contributed by atoms with Gasteiger partial charge in [0.05, 0.1) is 6.10 Å². The summed E-state index contributed by atoms with van der Waals surface area (Å²) < 4.78 is 5.80. The molecule has 1 rings (SSSR count). The average molecular weight is 270 g/mol. The Balaban J connectivity index is 2.42. The van der Waals surface area contributed by atoms with Crippen LogP contribution < -0.4 is 5.32 Å². The molecule has 0 amide bonds. The Morgan fingerprint density at radius 1 is 1.37 bits per heavy atom. The van der Waals surface area contributed by atoms with Crippen LogP contribution >= 0.6 is 0 Å². The molecular formula is C16H34N2O. The maximum Gasteiger partial charge on any atom is 0.0702 e. The van der Waals surface area contributed by atoms with Crippen LogP contribution in [0.1, 0.15) is 53.9 Å². The van der Waals surface area contributed by atoms with Crippen LogP contribution in [0.2, 0.25) is 0 Å². The molecule has 19 heavy (non-hydrogen) atoms. The van der Waals surface area contributed by atoms with E-state index >= 15 is 0 Å². The van der Waals surface area contributed by atoms with Crippen molar-refractivity contribution in [2.45, 2.75) is 66.0 Å². The normalized spacial score (nSPS) is 23.5. The van der Waals surface area contributed by atoms with Gasteiger partial charge in [-0.3, -0.25) is 0 Å². The zero-order valence-electron chi connectivity index (χ0n) is 13.7. The van der Waals surface area contributed by atoms with Crippen molar-refractivity contribution in [1.29, 1.82) is 0 Å². The third-order valence-electron chi connectivity index (χ3n) is 4.37. The number of nitrogens with one attached hydrogen (secondary N) is 1. The highest BCUT2D eigenvalue weighted by Gasteiger charge is 2.30. The van der Waals surface area contributed by atoms with Gasteiger partial charge in [0.1, 0.15) is 0 Å². The van der Waals surface area contributed by atoms with Crippen molar-refractivity contribution in [1.82, 2.24) is 10.2 Å². The van der Waals surface area contributed by atoms with Gasteiger partial charge in [-0.15, -0.1) is 0 Å². The van der Waals surface area contributed by atoms with E-state index in [1.807, 2.05) is 0 Å². The highest BCUT2D eigenvalue weighted by atomic mass is 16.5. The van der Waals surface area contributed by atoms with E-state index in [-0.39, 0.29) is 0 Å². The van der Waals surface area contributed by atoms with E-state index in [9.17, 15) is 0 Å². The molecule has 1 heterocycles. The predicted molar refractivity (Wildman–Crippen MR) is 82.6 cm³/mol. The Kier molecular flexibility index (Phi) is 7.33. The van der Waals surface area contributed by atoms with E-state index in [1.165, 1.54) is 25.8 Å². The van der Waals surface area contributed by atoms with E-state index in [2.05, 4.69) is 44.8 Å². The Bertz CT molecular complexity index is 241. The fraction of sp³-hybridized carbons (Fsp3) is 1.00. The van der Waals surface area contributed by atoms with Gasteiger partial charge in [-0.05, 0) is 51.6 Å².